The van der Waals surface area contributed by atoms with Crippen molar-refractivity contribution < 1.29 is 0 Å². The molecule has 0 radical (unpaired) electrons. The van der Waals surface area contributed by atoms with E-state index >= 15 is 0 Å². The monoisotopic (exact) mass is 200 g/mol. The summed E-state index contributed by atoms with van der Waals surface area (Å²) in [4.78, 5) is 4.61. The maximum atomic E-state index is 4.61. The molecule has 15 heavy (non-hydrogen) atoms. The van der Waals surface area contributed by atoms with E-state index in [1.54, 1.807) is 0 Å². The molecule has 0 saturated heterocycles. The third kappa shape index (κ3) is 1.80. The fourth-order valence-electron chi connectivity index (χ4n) is 1.78. The second kappa shape index (κ2) is 3.89. The Balaban J connectivity index is 2.65. The molecule has 2 nitrogen and oxygen atoms in total. The van der Waals surface area contributed by atoms with Crippen LogP contribution in [0.4, 0.5) is 5.82 Å². The molecule has 2 heteroatoms. The van der Waals surface area contributed by atoms with Gasteiger partial charge in [-0.3, -0.25) is 0 Å². The predicted octanol–water partition coefficient (Wildman–Crippen LogP) is 3.28. The summed E-state index contributed by atoms with van der Waals surface area (Å²) in [7, 11) is 0. The van der Waals surface area contributed by atoms with Crippen LogP contribution in [0.15, 0.2) is 24.3 Å². The highest BCUT2D eigenvalue weighted by Crippen LogP contribution is 2.21. The minimum atomic E-state index is 0.906. The summed E-state index contributed by atoms with van der Waals surface area (Å²) in [5.41, 5.74) is 3.62. The maximum Gasteiger partial charge on any atom is 0.126 e. The van der Waals surface area contributed by atoms with Crippen LogP contribution in [-0.2, 0) is 0 Å². The lowest BCUT2D eigenvalue weighted by atomic mass is 10.1. The first kappa shape index (κ1) is 9.97. The minimum absolute atomic E-state index is 0.906. The van der Waals surface area contributed by atoms with Gasteiger partial charge in [0.1, 0.15) is 5.82 Å². The van der Waals surface area contributed by atoms with E-state index in [4.69, 9.17) is 0 Å². The summed E-state index contributed by atoms with van der Waals surface area (Å²) in [6, 6.07) is 8.45. The highest BCUT2D eigenvalue weighted by Gasteiger charge is 2.02. The molecular weight excluding hydrogens is 184 g/mol. The first-order chi connectivity index (χ1) is 7.22. The number of hydrogen-bond acceptors (Lipinski definition) is 2. The predicted molar refractivity (Wildman–Crippen MR) is 65.4 cm³/mol. The Kier molecular flexibility index (Phi) is 2.58. The van der Waals surface area contributed by atoms with Crippen molar-refractivity contribution in [2.45, 2.75) is 20.8 Å². The van der Waals surface area contributed by atoms with E-state index < -0.39 is 0 Å². The van der Waals surface area contributed by atoms with Crippen LogP contribution < -0.4 is 5.32 Å². The number of aromatic nitrogens is 1. The Labute approximate surface area is 90.3 Å². The Morgan fingerprint density at radius 2 is 1.80 bits per heavy atom. The molecule has 1 heterocycles. The molecule has 0 spiro atoms. The number of rotatable bonds is 2. The van der Waals surface area contributed by atoms with Crippen LogP contribution in [0, 0.1) is 13.8 Å². The van der Waals surface area contributed by atoms with Crippen molar-refractivity contribution in [1.29, 1.82) is 0 Å². The summed E-state index contributed by atoms with van der Waals surface area (Å²) in [6.07, 6.45) is 0. The van der Waals surface area contributed by atoms with E-state index in [9.17, 15) is 0 Å². The Bertz CT molecular complexity index is 489. The fraction of sp³-hybridized carbons (Fsp3) is 0.308. The van der Waals surface area contributed by atoms with E-state index in [0.29, 0.717) is 0 Å². The van der Waals surface area contributed by atoms with Gasteiger partial charge in [-0.25, -0.2) is 4.98 Å². The summed E-state index contributed by atoms with van der Waals surface area (Å²) in [5.74, 6) is 0.957. The van der Waals surface area contributed by atoms with Crippen molar-refractivity contribution in [1.82, 2.24) is 4.98 Å². The van der Waals surface area contributed by atoms with Crippen molar-refractivity contribution in [3.8, 4) is 0 Å². The first-order valence-electron chi connectivity index (χ1n) is 5.33. The minimum Gasteiger partial charge on any atom is -0.370 e. The molecule has 0 unspecified atom stereocenters. The molecule has 1 N–H and O–H groups in total. The van der Waals surface area contributed by atoms with Gasteiger partial charge >= 0.3 is 0 Å². The third-order valence-corrected chi connectivity index (χ3v) is 2.63. The number of nitrogens with one attached hydrogen (secondary N) is 1. The Hall–Kier alpha value is -1.57. The maximum absolute atomic E-state index is 4.61. The largest absolute Gasteiger partial charge is 0.370 e. The summed E-state index contributed by atoms with van der Waals surface area (Å²) in [6.45, 7) is 7.21. The zero-order valence-electron chi connectivity index (χ0n) is 9.46. The number of benzene rings is 1. The van der Waals surface area contributed by atoms with E-state index in [0.717, 1.165) is 17.9 Å². The number of anilines is 1. The zero-order valence-corrected chi connectivity index (χ0v) is 9.46. The second-order valence-corrected chi connectivity index (χ2v) is 3.82. The van der Waals surface area contributed by atoms with Gasteiger partial charge in [-0.05, 0) is 44.0 Å². The average Bonchev–Trinajstić information content (AvgIpc) is 2.24. The van der Waals surface area contributed by atoms with Gasteiger partial charge in [0.15, 0.2) is 0 Å². The summed E-state index contributed by atoms with van der Waals surface area (Å²) in [5, 5.41) is 4.48. The molecular formula is C13H16N2. The van der Waals surface area contributed by atoms with Crippen molar-refractivity contribution in [3.05, 3.63) is 35.4 Å². The van der Waals surface area contributed by atoms with Gasteiger partial charge in [-0.15, -0.1) is 0 Å². The van der Waals surface area contributed by atoms with E-state index in [2.05, 4.69) is 49.3 Å². The molecule has 0 aliphatic carbocycles. The summed E-state index contributed by atoms with van der Waals surface area (Å²) >= 11 is 0. The number of hydrogen-bond donors (Lipinski definition) is 1. The van der Waals surface area contributed by atoms with Crippen LogP contribution in [0.5, 0.6) is 0 Å². The normalized spacial score (nSPS) is 10.6. The van der Waals surface area contributed by atoms with Crippen LogP contribution in [0.2, 0.25) is 0 Å². The van der Waals surface area contributed by atoms with Crippen LogP contribution in [0.1, 0.15) is 18.1 Å². The molecule has 0 aliphatic rings. The highest BCUT2D eigenvalue weighted by molar-refractivity contribution is 5.86. The second-order valence-electron chi connectivity index (χ2n) is 3.82. The van der Waals surface area contributed by atoms with Crippen molar-refractivity contribution in [3.63, 3.8) is 0 Å². The van der Waals surface area contributed by atoms with Crippen LogP contribution in [-0.4, -0.2) is 11.5 Å². The molecule has 0 amide bonds. The van der Waals surface area contributed by atoms with E-state index in [1.807, 2.05) is 6.07 Å². The lowest BCUT2D eigenvalue weighted by Gasteiger charge is -2.07. The molecule has 0 aliphatic heterocycles. The highest BCUT2D eigenvalue weighted by atomic mass is 15.0. The molecule has 0 fully saturated rings. The Morgan fingerprint density at radius 3 is 2.53 bits per heavy atom. The number of pyridine rings is 1. The third-order valence-electron chi connectivity index (χ3n) is 2.63. The zero-order chi connectivity index (χ0) is 10.8. The van der Waals surface area contributed by atoms with E-state index in [1.165, 1.54) is 16.5 Å². The first-order valence-corrected chi connectivity index (χ1v) is 5.33. The molecule has 0 bridgehead atoms. The topological polar surface area (TPSA) is 24.9 Å². The van der Waals surface area contributed by atoms with E-state index in [-0.39, 0.29) is 0 Å². The standard InChI is InChI=1S/C13H16N2/c1-4-14-12-8-7-11-9(2)5-6-10(3)13(11)15-12/h5-8H,4H2,1-3H3,(H,14,15). The molecule has 1 aromatic carbocycles. The average molecular weight is 200 g/mol. The molecule has 1 aromatic heterocycles. The van der Waals surface area contributed by atoms with Crippen LogP contribution >= 0.6 is 0 Å². The van der Waals surface area contributed by atoms with Crippen LogP contribution in [0.3, 0.4) is 0 Å². The molecule has 2 rings (SSSR count). The van der Waals surface area contributed by atoms with Gasteiger partial charge in [0.05, 0.1) is 5.52 Å². The number of nitrogens with zero attached hydrogens (tertiary/aromatic N) is 1. The van der Waals surface area contributed by atoms with Crippen molar-refractivity contribution in [2.24, 2.45) is 0 Å². The quantitative estimate of drug-likeness (QED) is 0.804. The Morgan fingerprint density at radius 1 is 1.07 bits per heavy atom. The van der Waals surface area contributed by atoms with Gasteiger partial charge in [0.2, 0.25) is 0 Å². The SMILES string of the molecule is CCNc1ccc2c(C)ccc(C)c2n1. The van der Waals surface area contributed by atoms with Gasteiger partial charge in [-0.2, -0.15) is 0 Å². The van der Waals surface area contributed by atoms with Crippen molar-refractivity contribution >= 4 is 16.7 Å². The lowest BCUT2D eigenvalue weighted by molar-refractivity contribution is 1.17. The van der Waals surface area contributed by atoms with Crippen molar-refractivity contribution in [2.75, 3.05) is 11.9 Å². The van der Waals surface area contributed by atoms with Gasteiger partial charge in [0.25, 0.3) is 0 Å². The smallest absolute Gasteiger partial charge is 0.126 e. The number of fused-ring (bicyclic) bond motifs is 1. The van der Waals surface area contributed by atoms with Crippen LogP contribution in [0.25, 0.3) is 10.9 Å². The molecule has 2 aromatic rings. The lowest BCUT2D eigenvalue weighted by Crippen LogP contribution is -1.99. The van der Waals surface area contributed by atoms with Gasteiger partial charge < -0.3 is 5.32 Å². The van der Waals surface area contributed by atoms with Gasteiger partial charge in [0, 0.05) is 11.9 Å². The molecule has 78 valence electrons. The van der Waals surface area contributed by atoms with Gasteiger partial charge in [-0.1, -0.05) is 12.1 Å². The molecule has 0 atom stereocenters. The number of aryl methyl sites for hydroxylation is 2. The fourth-order valence-corrected chi connectivity index (χ4v) is 1.78. The molecule has 0 saturated carbocycles. The summed E-state index contributed by atoms with van der Waals surface area (Å²) < 4.78 is 0.